The molecule has 0 aromatic heterocycles. The Bertz CT molecular complexity index is 1130. The fourth-order valence-corrected chi connectivity index (χ4v) is 4.79. The van der Waals surface area contributed by atoms with Gasteiger partial charge in [0.2, 0.25) is 11.8 Å². The first kappa shape index (κ1) is 27.8. The number of halogens is 2. The van der Waals surface area contributed by atoms with Crippen molar-refractivity contribution in [2.45, 2.75) is 51.1 Å². The second-order valence-corrected chi connectivity index (χ2v) is 10.1. The summed E-state index contributed by atoms with van der Waals surface area (Å²) in [6.07, 6.45) is 1.18. The highest BCUT2D eigenvalue weighted by Gasteiger charge is 2.31. The Morgan fingerprint density at radius 1 is 0.972 bits per heavy atom. The molecular weight excluding hydrogens is 495 g/mol. The Labute approximate surface area is 222 Å². The fourth-order valence-electron chi connectivity index (χ4n) is 3.72. The van der Waals surface area contributed by atoms with E-state index in [1.807, 2.05) is 62.4 Å². The van der Waals surface area contributed by atoms with Gasteiger partial charge in [-0.05, 0) is 48.2 Å². The first-order valence-corrected chi connectivity index (χ1v) is 13.6. The number of rotatable bonds is 12. The molecule has 0 spiro atoms. The predicted molar refractivity (Wildman–Crippen MR) is 146 cm³/mol. The highest BCUT2D eigenvalue weighted by atomic mass is 35.5. The van der Waals surface area contributed by atoms with Crippen LogP contribution in [-0.4, -0.2) is 34.6 Å². The average molecular weight is 527 g/mol. The molecule has 3 aromatic rings. The Morgan fingerprint density at radius 2 is 1.64 bits per heavy atom. The van der Waals surface area contributed by atoms with Gasteiger partial charge in [0.1, 0.15) is 11.9 Å². The van der Waals surface area contributed by atoms with Crippen molar-refractivity contribution in [1.29, 1.82) is 0 Å². The van der Waals surface area contributed by atoms with E-state index in [9.17, 15) is 14.0 Å². The molecule has 0 heterocycles. The minimum absolute atomic E-state index is 0.0131. The zero-order valence-corrected chi connectivity index (χ0v) is 22.2. The topological polar surface area (TPSA) is 49.4 Å². The van der Waals surface area contributed by atoms with Gasteiger partial charge in [-0.25, -0.2) is 4.39 Å². The number of nitrogens with one attached hydrogen (secondary N) is 1. The van der Waals surface area contributed by atoms with Gasteiger partial charge in [0, 0.05) is 29.8 Å². The third-order valence-corrected chi connectivity index (χ3v) is 7.34. The van der Waals surface area contributed by atoms with Crippen LogP contribution in [0.4, 0.5) is 4.39 Å². The quantitative estimate of drug-likeness (QED) is 0.303. The van der Waals surface area contributed by atoms with Crippen LogP contribution in [0, 0.1) is 5.82 Å². The van der Waals surface area contributed by atoms with Gasteiger partial charge in [-0.2, -0.15) is 0 Å². The fraction of sp³-hybridized carbons (Fsp3) is 0.310. The van der Waals surface area contributed by atoms with Crippen LogP contribution >= 0.6 is 23.4 Å². The summed E-state index contributed by atoms with van der Waals surface area (Å²) < 4.78 is 13.2. The van der Waals surface area contributed by atoms with Gasteiger partial charge in [-0.1, -0.05) is 79.2 Å². The van der Waals surface area contributed by atoms with Crippen molar-refractivity contribution in [1.82, 2.24) is 10.2 Å². The van der Waals surface area contributed by atoms with Crippen LogP contribution in [-0.2, 0) is 28.3 Å². The maximum Gasteiger partial charge on any atom is 0.243 e. The summed E-state index contributed by atoms with van der Waals surface area (Å²) in [5, 5.41) is 3.62. The molecule has 7 heteroatoms. The van der Waals surface area contributed by atoms with E-state index < -0.39 is 6.04 Å². The number of nitrogens with zero attached hydrogens (tertiary/aromatic N) is 1. The summed E-state index contributed by atoms with van der Waals surface area (Å²) in [7, 11) is 0. The van der Waals surface area contributed by atoms with Gasteiger partial charge in [0.15, 0.2) is 0 Å². The second-order valence-electron chi connectivity index (χ2n) is 8.76. The van der Waals surface area contributed by atoms with E-state index in [-0.39, 0.29) is 36.0 Å². The molecule has 2 amide bonds. The van der Waals surface area contributed by atoms with E-state index >= 15 is 0 Å². The first-order valence-electron chi connectivity index (χ1n) is 12.1. The molecule has 0 saturated heterocycles. The standard InChI is InChI=1S/C29H32ClFN2O2S/c1-3-21(2)32-29(35)27(17-22-9-5-4-6-10-22)33(18-24-11-7-8-12-26(24)30)28(34)20-36-19-23-13-15-25(31)16-14-23/h4-16,21,27H,3,17-20H2,1-2H3,(H,32,35)/t21-,27+/m1/s1. The van der Waals surface area contributed by atoms with E-state index in [4.69, 9.17) is 11.6 Å². The molecule has 0 unspecified atom stereocenters. The van der Waals surface area contributed by atoms with Crippen LogP contribution in [0.5, 0.6) is 0 Å². The molecule has 3 rings (SSSR count). The summed E-state index contributed by atoms with van der Waals surface area (Å²) >= 11 is 7.89. The third kappa shape index (κ3) is 8.38. The van der Waals surface area contributed by atoms with Crippen molar-refractivity contribution in [3.63, 3.8) is 0 Å². The highest BCUT2D eigenvalue weighted by Crippen LogP contribution is 2.22. The molecule has 0 aliphatic heterocycles. The maximum atomic E-state index is 13.6. The number of thioether (sulfide) groups is 1. The van der Waals surface area contributed by atoms with Gasteiger partial charge < -0.3 is 10.2 Å². The SMILES string of the molecule is CC[C@@H](C)NC(=O)[C@H](Cc1ccccc1)N(Cc1ccccc1Cl)C(=O)CSCc1ccc(F)cc1. The Morgan fingerprint density at radius 3 is 2.31 bits per heavy atom. The lowest BCUT2D eigenvalue weighted by Gasteiger charge is -2.32. The first-order chi connectivity index (χ1) is 17.4. The number of carbonyl (C=O) groups is 2. The summed E-state index contributed by atoms with van der Waals surface area (Å²) in [5.41, 5.74) is 2.69. The normalized spacial score (nSPS) is 12.6. The number of amides is 2. The van der Waals surface area contributed by atoms with E-state index in [1.165, 1.54) is 23.9 Å². The Hall–Kier alpha value is -2.83. The number of hydrogen-bond acceptors (Lipinski definition) is 3. The summed E-state index contributed by atoms with van der Waals surface area (Å²) in [5.74, 6) is 0.124. The second kappa shape index (κ2) is 14.0. The summed E-state index contributed by atoms with van der Waals surface area (Å²) in [6.45, 7) is 4.19. The molecule has 4 nitrogen and oxygen atoms in total. The molecule has 36 heavy (non-hydrogen) atoms. The minimum Gasteiger partial charge on any atom is -0.352 e. The lowest BCUT2D eigenvalue weighted by Crippen LogP contribution is -2.52. The van der Waals surface area contributed by atoms with Crippen molar-refractivity contribution < 1.29 is 14.0 Å². The molecule has 0 bridgehead atoms. The molecular formula is C29H32ClFN2O2S. The van der Waals surface area contributed by atoms with Crippen LogP contribution in [0.2, 0.25) is 5.02 Å². The largest absolute Gasteiger partial charge is 0.352 e. The van der Waals surface area contributed by atoms with E-state index in [0.717, 1.165) is 23.1 Å². The predicted octanol–water partition coefficient (Wildman–Crippen LogP) is 6.27. The van der Waals surface area contributed by atoms with E-state index in [0.29, 0.717) is 17.2 Å². The van der Waals surface area contributed by atoms with Crippen molar-refractivity contribution in [3.05, 3.63) is 106 Å². The van der Waals surface area contributed by atoms with Crippen LogP contribution in [0.25, 0.3) is 0 Å². The summed E-state index contributed by atoms with van der Waals surface area (Å²) in [4.78, 5) is 28.7. The molecule has 190 valence electrons. The van der Waals surface area contributed by atoms with Crippen LogP contribution in [0.3, 0.4) is 0 Å². The van der Waals surface area contributed by atoms with Crippen molar-refractivity contribution in [3.8, 4) is 0 Å². The molecule has 0 saturated carbocycles. The van der Waals surface area contributed by atoms with Crippen molar-refractivity contribution >= 4 is 35.2 Å². The van der Waals surface area contributed by atoms with Gasteiger partial charge in [0.25, 0.3) is 0 Å². The van der Waals surface area contributed by atoms with E-state index in [1.54, 1.807) is 23.1 Å². The van der Waals surface area contributed by atoms with Gasteiger partial charge in [-0.3, -0.25) is 9.59 Å². The Balaban J connectivity index is 1.86. The molecule has 3 aromatic carbocycles. The Kier molecular flexibility index (Phi) is 10.8. The number of benzene rings is 3. The van der Waals surface area contributed by atoms with Gasteiger partial charge >= 0.3 is 0 Å². The van der Waals surface area contributed by atoms with Crippen LogP contribution in [0.1, 0.15) is 37.0 Å². The molecule has 0 aliphatic carbocycles. The zero-order chi connectivity index (χ0) is 25.9. The monoisotopic (exact) mass is 526 g/mol. The third-order valence-electron chi connectivity index (χ3n) is 5.98. The molecule has 0 radical (unpaired) electrons. The van der Waals surface area contributed by atoms with Crippen LogP contribution < -0.4 is 5.32 Å². The molecule has 0 fully saturated rings. The lowest BCUT2D eigenvalue weighted by molar-refractivity contribution is -0.139. The van der Waals surface area contributed by atoms with Gasteiger partial charge in [-0.15, -0.1) is 11.8 Å². The molecule has 1 N–H and O–H groups in total. The maximum absolute atomic E-state index is 13.6. The minimum atomic E-state index is -0.698. The van der Waals surface area contributed by atoms with Gasteiger partial charge in [0.05, 0.1) is 5.75 Å². The number of carbonyl (C=O) groups excluding carboxylic acids is 2. The molecule has 0 aliphatic rings. The highest BCUT2D eigenvalue weighted by molar-refractivity contribution is 7.99. The average Bonchev–Trinajstić information content (AvgIpc) is 2.88. The number of hydrogen-bond donors (Lipinski definition) is 1. The van der Waals surface area contributed by atoms with Crippen molar-refractivity contribution in [2.24, 2.45) is 0 Å². The molecule has 2 atom stereocenters. The zero-order valence-electron chi connectivity index (χ0n) is 20.6. The summed E-state index contributed by atoms with van der Waals surface area (Å²) in [6, 6.07) is 22.6. The van der Waals surface area contributed by atoms with E-state index in [2.05, 4.69) is 5.32 Å². The smallest absolute Gasteiger partial charge is 0.243 e. The van der Waals surface area contributed by atoms with Crippen molar-refractivity contribution in [2.75, 3.05) is 5.75 Å². The lowest BCUT2D eigenvalue weighted by atomic mass is 10.0. The van der Waals surface area contributed by atoms with Crippen LogP contribution in [0.15, 0.2) is 78.9 Å².